The molecule has 1 heterocycles. The van der Waals surface area contributed by atoms with Crippen molar-refractivity contribution in [1.29, 1.82) is 0 Å². The van der Waals surface area contributed by atoms with Crippen LogP contribution in [-0.2, 0) is 6.18 Å². The van der Waals surface area contributed by atoms with Crippen molar-refractivity contribution in [1.82, 2.24) is 4.98 Å². The summed E-state index contributed by atoms with van der Waals surface area (Å²) in [5.41, 5.74) is 4.97. The number of nitrogens with two attached hydrogens (primary N) is 1. The molecule has 1 aliphatic rings. The van der Waals surface area contributed by atoms with Gasteiger partial charge in [0.15, 0.2) is 0 Å². The molecule has 0 saturated heterocycles. The Labute approximate surface area is 110 Å². The molecule has 0 radical (unpaired) electrons. The third-order valence-electron chi connectivity index (χ3n) is 3.76. The summed E-state index contributed by atoms with van der Waals surface area (Å²) in [5.74, 6) is 1.49. The number of hydrogen-bond donors (Lipinski definition) is 2. The molecule has 6 heteroatoms. The fourth-order valence-electron chi connectivity index (χ4n) is 2.59. The standard InChI is InChI=1S/C13H18F3N3/c14-13(15,16)11-4-5-12(19-8-11)18-7-10-3-1-2-9(10)6-17/h4-5,8-10H,1-3,6-7,17H2,(H,18,19). The first kappa shape index (κ1) is 14.1. The molecule has 2 unspecified atom stereocenters. The van der Waals surface area contributed by atoms with Crippen molar-refractivity contribution < 1.29 is 13.2 Å². The quantitative estimate of drug-likeness (QED) is 0.887. The topological polar surface area (TPSA) is 50.9 Å². The first-order valence-corrected chi connectivity index (χ1v) is 6.48. The second kappa shape index (κ2) is 5.77. The molecule has 1 aromatic rings. The van der Waals surface area contributed by atoms with Gasteiger partial charge in [0.1, 0.15) is 5.82 Å². The maximum absolute atomic E-state index is 12.4. The first-order chi connectivity index (χ1) is 9.00. The number of halogens is 3. The van der Waals surface area contributed by atoms with Crippen molar-refractivity contribution in [2.24, 2.45) is 17.6 Å². The largest absolute Gasteiger partial charge is 0.417 e. The normalized spacial score (nSPS) is 23.6. The molecule has 106 valence electrons. The minimum atomic E-state index is -4.33. The molecule has 19 heavy (non-hydrogen) atoms. The summed E-state index contributed by atoms with van der Waals surface area (Å²) >= 11 is 0. The van der Waals surface area contributed by atoms with E-state index in [2.05, 4.69) is 10.3 Å². The summed E-state index contributed by atoms with van der Waals surface area (Å²) < 4.78 is 37.1. The van der Waals surface area contributed by atoms with E-state index in [1.165, 1.54) is 12.5 Å². The summed E-state index contributed by atoms with van der Waals surface area (Å²) in [6.07, 6.45) is -0.0353. The highest BCUT2D eigenvalue weighted by molar-refractivity contribution is 5.36. The van der Waals surface area contributed by atoms with Gasteiger partial charge in [0.25, 0.3) is 0 Å². The zero-order chi connectivity index (χ0) is 13.9. The van der Waals surface area contributed by atoms with Gasteiger partial charge >= 0.3 is 6.18 Å². The van der Waals surface area contributed by atoms with E-state index < -0.39 is 11.7 Å². The van der Waals surface area contributed by atoms with Crippen molar-refractivity contribution in [2.75, 3.05) is 18.4 Å². The van der Waals surface area contributed by atoms with Crippen LogP contribution < -0.4 is 11.1 Å². The third-order valence-corrected chi connectivity index (χ3v) is 3.76. The zero-order valence-corrected chi connectivity index (χ0v) is 10.6. The fraction of sp³-hybridized carbons (Fsp3) is 0.615. The van der Waals surface area contributed by atoms with Crippen molar-refractivity contribution in [3.05, 3.63) is 23.9 Å². The zero-order valence-electron chi connectivity index (χ0n) is 10.6. The molecule has 1 aromatic heterocycles. The predicted octanol–water partition coefficient (Wildman–Crippen LogP) is 2.89. The molecule has 0 amide bonds. The molecule has 0 bridgehead atoms. The van der Waals surface area contributed by atoms with Gasteiger partial charge in [0.05, 0.1) is 5.56 Å². The van der Waals surface area contributed by atoms with Gasteiger partial charge in [-0.25, -0.2) is 4.98 Å². The monoisotopic (exact) mass is 273 g/mol. The number of nitrogens with one attached hydrogen (secondary N) is 1. The molecule has 1 saturated carbocycles. The summed E-state index contributed by atoms with van der Waals surface area (Å²) in [7, 11) is 0. The average molecular weight is 273 g/mol. The lowest BCUT2D eigenvalue weighted by molar-refractivity contribution is -0.137. The Morgan fingerprint density at radius 3 is 2.58 bits per heavy atom. The Bertz CT molecular complexity index is 403. The third kappa shape index (κ3) is 3.59. The lowest BCUT2D eigenvalue weighted by atomic mass is 9.96. The van der Waals surface area contributed by atoms with Crippen LogP contribution in [0.15, 0.2) is 18.3 Å². The van der Waals surface area contributed by atoms with E-state index in [1.807, 2.05) is 0 Å². The number of pyridine rings is 1. The molecule has 1 aliphatic carbocycles. The molecular formula is C13H18F3N3. The van der Waals surface area contributed by atoms with Gasteiger partial charge in [0.2, 0.25) is 0 Å². The number of anilines is 1. The van der Waals surface area contributed by atoms with Crippen LogP contribution >= 0.6 is 0 Å². The highest BCUT2D eigenvalue weighted by Gasteiger charge is 2.30. The van der Waals surface area contributed by atoms with Crippen molar-refractivity contribution in [3.8, 4) is 0 Å². The van der Waals surface area contributed by atoms with Crippen molar-refractivity contribution in [3.63, 3.8) is 0 Å². The molecular weight excluding hydrogens is 255 g/mol. The Morgan fingerprint density at radius 2 is 2.00 bits per heavy atom. The molecule has 0 spiro atoms. The smallest absolute Gasteiger partial charge is 0.370 e. The van der Waals surface area contributed by atoms with E-state index >= 15 is 0 Å². The molecule has 0 aromatic carbocycles. The molecule has 2 atom stereocenters. The second-order valence-electron chi connectivity index (χ2n) is 5.00. The maximum atomic E-state index is 12.4. The fourth-order valence-corrected chi connectivity index (χ4v) is 2.59. The van der Waals surface area contributed by atoms with E-state index in [9.17, 15) is 13.2 Å². The highest BCUT2D eigenvalue weighted by atomic mass is 19.4. The molecule has 3 N–H and O–H groups in total. The van der Waals surface area contributed by atoms with Gasteiger partial charge < -0.3 is 11.1 Å². The lowest BCUT2D eigenvalue weighted by Gasteiger charge is -2.18. The lowest BCUT2D eigenvalue weighted by Crippen LogP contribution is -2.24. The number of rotatable bonds is 4. The van der Waals surface area contributed by atoms with E-state index in [1.54, 1.807) is 0 Å². The van der Waals surface area contributed by atoms with Crippen LogP contribution in [0.3, 0.4) is 0 Å². The second-order valence-corrected chi connectivity index (χ2v) is 5.00. The van der Waals surface area contributed by atoms with Gasteiger partial charge in [-0.1, -0.05) is 6.42 Å². The maximum Gasteiger partial charge on any atom is 0.417 e. The van der Waals surface area contributed by atoms with Gasteiger partial charge in [-0.05, 0) is 43.4 Å². The van der Waals surface area contributed by atoms with Crippen LogP contribution in [0.1, 0.15) is 24.8 Å². The summed E-state index contributed by atoms with van der Waals surface area (Å²) in [5, 5.41) is 3.10. The molecule has 3 nitrogen and oxygen atoms in total. The van der Waals surface area contributed by atoms with E-state index in [-0.39, 0.29) is 0 Å². The van der Waals surface area contributed by atoms with Crippen LogP contribution in [0.5, 0.6) is 0 Å². The van der Waals surface area contributed by atoms with Crippen LogP contribution in [0, 0.1) is 11.8 Å². The van der Waals surface area contributed by atoms with Gasteiger partial charge in [-0.3, -0.25) is 0 Å². The number of aromatic nitrogens is 1. The van der Waals surface area contributed by atoms with Crippen LogP contribution in [0.4, 0.5) is 19.0 Å². The van der Waals surface area contributed by atoms with Crippen LogP contribution in [0.25, 0.3) is 0 Å². The highest BCUT2D eigenvalue weighted by Crippen LogP contribution is 2.31. The average Bonchev–Trinajstić information content (AvgIpc) is 2.83. The van der Waals surface area contributed by atoms with Crippen LogP contribution in [-0.4, -0.2) is 18.1 Å². The van der Waals surface area contributed by atoms with Crippen molar-refractivity contribution >= 4 is 5.82 Å². The number of hydrogen-bond acceptors (Lipinski definition) is 3. The van der Waals surface area contributed by atoms with E-state index in [0.29, 0.717) is 24.2 Å². The number of nitrogens with zero attached hydrogens (tertiary/aromatic N) is 1. The Hall–Kier alpha value is -1.30. The summed E-state index contributed by atoms with van der Waals surface area (Å²) in [4.78, 5) is 3.79. The minimum absolute atomic E-state index is 0.482. The Balaban J connectivity index is 1.90. The van der Waals surface area contributed by atoms with Gasteiger partial charge in [-0.15, -0.1) is 0 Å². The number of alkyl halides is 3. The first-order valence-electron chi connectivity index (χ1n) is 6.48. The molecule has 0 aliphatic heterocycles. The van der Waals surface area contributed by atoms with E-state index in [0.717, 1.165) is 31.6 Å². The summed E-state index contributed by atoms with van der Waals surface area (Å²) in [6, 6.07) is 2.42. The van der Waals surface area contributed by atoms with E-state index in [4.69, 9.17) is 5.73 Å². The summed E-state index contributed by atoms with van der Waals surface area (Å²) in [6.45, 7) is 1.40. The Morgan fingerprint density at radius 1 is 1.26 bits per heavy atom. The SMILES string of the molecule is NCC1CCCC1CNc1ccc(C(F)(F)F)cn1. The Kier molecular flexibility index (Phi) is 4.29. The predicted molar refractivity (Wildman–Crippen MR) is 67.6 cm³/mol. The van der Waals surface area contributed by atoms with Crippen molar-refractivity contribution in [2.45, 2.75) is 25.4 Å². The van der Waals surface area contributed by atoms with Crippen LogP contribution in [0.2, 0.25) is 0 Å². The molecule has 1 fully saturated rings. The van der Waals surface area contributed by atoms with Gasteiger partial charge in [0, 0.05) is 12.7 Å². The van der Waals surface area contributed by atoms with Gasteiger partial charge in [-0.2, -0.15) is 13.2 Å². The molecule has 2 rings (SSSR count). The minimum Gasteiger partial charge on any atom is -0.370 e.